The highest BCUT2D eigenvalue weighted by Gasteiger charge is 2.36. The van der Waals surface area contributed by atoms with Crippen molar-refractivity contribution in [1.82, 2.24) is 0 Å². The van der Waals surface area contributed by atoms with Crippen molar-refractivity contribution in [2.24, 2.45) is 11.8 Å². The number of ketones is 1. The molecule has 0 aliphatic heterocycles. The Morgan fingerprint density at radius 2 is 1.90 bits per heavy atom. The van der Waals surface area contributed by atoms with E-state index < -0.39 is 11.9 Å². The maximum atomic E-state index is 12.8. The van der Waals surface area contributed by atoms with Crippen molar-refractivity contribution in [3.8, 4) is 5.75 Å². The van der Waals surface area contributed by atoms with Crippen molar-refractivity contribution in [2.75, 3.05) is 7.11 Å². The molecule has 5 heteroatoms. The number of carboxylic acid groups (broad SMARTS) is 1. The molecule has 4 nitrogen and oxygen atoms in total. The number of hydrogen-bond donors (Lipinski definition) is 1. The molecule has 21 heavy (non-hydrogen) atoms. The molecule has 1 aliphatic rings. The Kier molecular flexibility index (Phi) is 4.71. The number of methoxy groups -OCH3 is 1. The van der Waals surface area contributed by atoms with Crippen molar-refractivity contribution in [3.05, 3.63) is 27.2 Å². The number of rotatable bonds is 4. The van der Waals surface area contributed by atoms with Crippen LogP contribution in [0.1, 0.15) is 40.7 Å². The number of ether oxygens (including phenoxy) is 1. The molecule has 2 atom stereocenters. The molecule has 0 spiro atoms. The van der Waals surface area contributed by atoms with Gasteiger partial charge in [-0.2, -0.15) is 0 Å². The first-order valence-electron chi connectivity index (χ1n) is 6.97. The number of aliphatic carboxylic acids is 1. The van der Waals surface area contributed by atoms with E-state index in [0.717, 1.165) is 15.6 Å². The highest BCUT2D eigenvalue weighted by molar-refractivity contribution is 9.10. The van der Waals surface area contributed by atoms with Gasteiger partial charge >= 0.3 is 5.97 Å². The van der Waals surface area contributed by atoms with Gasteiger partial charge in [0.1, 0.15) is 5.75 Å². The van der Waals surface area contributed by atoms with Crippen LogP contribution in [-0.2, 0) is 4.79 Å². The number of aryl methyl sites for hydroxylation is 1. The molecule has 1 aromatic carbocycles. The Morgan fingerprint density at radius 1 is 1.29 bits per heavy atom. The van der Waals surface area contributed by atoms with E-state index in [0.29, 0.717) is 30.6 Å². The molecule has 0 heterocycles. The monoisotopic (exact) mass is 354 g/mol. The van der Waals surface area contributed by atoms with E-state index in [-0.39, 0.29) is 11.7 Å². The van der Waals surface area contributed by atoms with Gasteiger partial charge in [-0.25, -0.2) is 0 Å². The van der Waals surface area contributed by atoms with Crippen LogP contribution in [0.2, 0.25) is 0 Å². The van der Waals surface area contributed by atoms with E-state index in [2.05, 4.69) is 15.9 Å². The average Bonchev–Trinajstić information content (AvgIpc) is 2.91. The van der Waals surface area contributed by atoms with E-state index in [1.54, 1.807) is 7.11 Å². The van der Waals surface area contributed by atoms with Crippen LogP contribution in [0.15, 0.2) is 10.5 Å². The highest BCUT2D eigenvalue weighted by Crippen LogP contribution is 2.39. The topological polar surface area (TPSA) is 63.6 Å². The molecule has 1 N–H and O–H groups in total. The van der Waals surface area contributed by atoms with Crippen molar-refractivity contribution in [3.63, 3.8) is 0 Å². The fraction of sp³-hybridized carbons (Fsp3) is 0.500. The van der Waals surface area contributed by atoms with Gasteiger partial charge in [0.15, 0.2) is 5.78 Å². The van der Waals surface area contributed by atoms with Crippen LogP contribution in [0.3, 0.4) is 0 Å². The summed E-state index contributed by atoms with van der Waals surface area (Å²) in [6.07, 6.45) is 1.62. The quantitative estimate of drug-likeness (QED) is 0.836. The lowest BCUT2D eigenvalue weighted by atomic mass is 9.90. The normalized spacial score (nSPS) is 21.3. The maximum Gasteiger partial charge on any atom is 0.306 e. The molecule has 2 unspecified atom stereocenters. The molecule has 2 rings (SSSR count). The first-order chi connectivity index (χ1) is 9.86. The lowest BCUT2D eigenvalue weighted by Crippen LogP contribution is -2.17. The second kappa shape index (κ2) is 6.18. The van der Waals surface area contributed by atoms with Crippen molar-refractivity contribution in [2.45, 2.75) is 33.1 Å². The number of halogens is 1. The Bertz CT molecular complexity index is 594. The number of Topliss-reactive ketones (excluding diaryl/α,β-unsaturated/α-hetero) is 1. The Morgan fingerprint density at radius 3 is 2.43 bits per heavy atom. The standard InChI is InChI=1S/C16H19BrO4/c1-8-6-12(17)9(2)13(15(8)21-3)14(18)10-4-5-11(7-10)16(19)20/h6,10-11H,4-5,7H2,1-3H3,(H,19,20). The van der Waals surface area contributed by atoms with Gasteiger partial charge in [0.2, 0.25) is 0 Å². The van der Waals surface area contributed by atoms with Gasteiger partial charge in [-0.3, -0.25) is 9.59 Å². The molecule has 1 fully saturated rings. The molecule has 0 amide bonds. The first-order valence-corrected chi connectivity index (χ1v) is 7.76. The predicted molar refractivity (Wildman–Crippen MR) is 83.0 cm³/mol. The first kappa shape index (κ1) is 16.0. The third-order valence-corrected chi connectivity index (χ3v) is 5.09. The van der Waals surface area contributed by atoms with Crippen LogP contribution < -0.4 is 4.74 Å². The fourth-order valence-electron chi connectivity index (χ4n) is 3.06. The van der Waals surface area contributed by atoms with Crippen LogP contribution in [0.25, 0.3) is 0 Å². The smallest absolute Gasteiger partial charge is 0.306 e. The van der Waals surface area contributed by atoms with Crippen LogP contribution in [0, 0.1) is 25.7 Å². The third kappa shape index (κ3) is 2.98. The van der Waals surface area contributed by atoms with Gasteiger partial charge in [-0.15, -0.1) is 0 Å². The van der Waals surface area contributed by atoms with Crippen LogP contribution >= 0.6 is 15.9 Å². The summed E-state index contributed by atoms with van der Waals surface area (Å²) in [5, 5.41) is 9.08. The van der Waals surface area contributed by atoms with Gasteiger partial charge in [0.25, 0.3) is 0 Å². The number of hydrogen-bond acceptors (Lipinski definition) is 3. The maximum absolute atomic E-state index is 12.8. The predicted octanol–water partition coefficient (Wildman–Crippen LogP) is 3.76. The van der Waals surface area contributed by atoms with Gasteiger partial charge in [-0.05, 0) is 50.3 Å². The second-order valence-electron chi connectivity index (χ2n) is 5.62. The van der Waals surface area contributed by atoms with Gasteiger partial charge < -0.3 is 9.84 Å². The van der Waals surface area contributed by atoms with Crippen molar-refractivity contribution >= 4 is 27.7 Å². The number of carbonyl (C=O) groups is 2. The number of carboxylic acids is 1. The molecule has 1 saturated carbocycles. The Balaban J connectivity index is 2.38. The average molecular weight is 355 g/mol. The summed E-state index contributed by atoms with van der Waals surface area (Å²) < 4.78 is 6.28. The summed E-state index contributed by atoms with van der Waals surface area (Å²) >= 11 is 3.47. The van der Waals surface area contributed by atoms with E-state index >= 15 is 0 Å². The summed E-state index contributed by atoms with van der Waals surface area (Å²) in [5.74, 6) is -0.845. The molecule has 0 aromatic heterocycles. The fourth-order valence-corrected chi connectivity index (χ4v) is 3.60. The molecule has 114 valence electrons. The zero-order valence-electron chi connectivity index (χ0n) is 12.4. The highest BCUT2D eigenvalue weighted by atomic mass is 79.9. The minimum absolute atomic E-state index is 0.00231. The lowest BCUT2D eigenvalue weighted by Gasteiger charge is -2.17. The van der Waals surface area contributed by atoms with Crippen LogP contribution in [0.4, 0.5) is 0 Å². The van der Waals surface area contributed by atoms with Crippen LogP contribution in [0.5, 0.6) is 5.75 Å². The summed E-state index contributed by atoms with van der Waals surface area (Å²) in [6, 6.07) is 1.93. The number of carbonyl (C=O) groups excluding carboxylic acids is 1. The van der Waals surface area contributed by atoms with Gasteiger partial charge in [0.05, 0.1) is 18.6 Å². The summed E-state index contributed by atoms with van der Waals surface area (Å²) in [4.78, 5) is 23.9. The van der Waals surface area contributed by atoms with Crippen molar-refractivity contribution in [1.29, 1.82) is 0 Å². The SMILES string of the molecule is COc1c(C)cc(Br)c(C)c1C(=O)C1CCC(C(=O)O)C1. The largest absolute Gasteiger partial charge is 0.496 e. The van der Waals surface area contributed by atoms with Crippen molar-refractivity contribution < 1.29 is 19.4 Å². The van der Waals surface area contributed by atoms with E-state index in [1.165, 1.54) is 0 Å². The summed E-state index contributed by atoms with van der Waals surface area (Å²) in [6.45, 7) is 3.78. The molecule has 1 aliphatic carbocycles. The molecule has 0 bridgehead atoms. The summed E-state index contributed by atoms with van der Waals surface area (Å²) in [5.41, 5.74) is 2.33. The van der Waals surface area contributed by atoms with E-state index in [9.17, 15) is 9.59 Å². The molecule has 1 aromatic rings. The molecular formula is C16H19BrO4. The third-order valence-electron chi connectivity index (χ3n) is 4.26. The minimum atomic E-state index is -0.806. The lowest BCUT2D eigenvalue weighted by molar-refractivity contribution is -0.141. The number of benzene rings is 1. The molecular weight excluding hydrogens is 336 g/mol. The Labute approximate surface area is 132 Å². The second-order valence-corrected chi connectivity index (χ2v) is 6.47. The van der Waals surface area contributed by atoms with E-state index in [1.807, 2.05) is 19.9 Å². The van der Waals surface area contributed by atoms with Gasteiger partial charge in [-0.1, -0.05) is 15.9 Å². The van der Waals surface area contributed by atoms with Crippen LogP contribution in [-0.4, -0.2) is 24.0 Å². The molecule has 0 radical (unpaired) electrons. The Hall–Kier alpha value is -1.36. The zero-order valence-corrected chi connectivity index (χ0v) is 14.0. The summed E-state index contributed by atoms with van der Waals surface area (Å²) in [7, 11) is 1.56. The molecule has 0 saturated heterocycles. The van der Waals surface area contributed by atoms with E-state index in [4.69, 9.17) is 9.84 Å². The minimum Gasteiger partial charge on any atom is -0.496 e. The van der Waals surface area contributed by atoms with Gasteiger partial charge in [0, 0.05) is 10.4 Å². The zero-order chi connectivity index (χ0) is 15.7.